The van der Waals surface area contributed by atoms with Gasteiger partial charge in [0.1, 0.15) is 11.4 Å². The van der Waals surface area contributed by atoms with Crippen molar-refractivity contribution in [3.05, 3.63) is 36.2 Å². The SMILES string of the molecule is COc1cccc(NC(C(N)=O)c2cn(CCO)nn2)c1. The number of ether oxygens (including phenoxy) is 1. The number of amides is 1. The number of rotatable bonds is 7. The molecule has 2 aromatic rings. The highest BCUT2D eigenvalue weighted by atomic mass is 16.5. The summed E-state index contributed by atoms with van der Waals surface area (Å²) in [6, 6.07) is 6.30. The maximum Gasteiger partial charge on any atom is 0.246 e. The standard InChI is InChI=1S/C13H17N5O3/c1-21-10-4-2-3-9(7-10)15-12(13(14)20)11-8-18(5-6-19)17-16-11/h2-4,7-8,12,15,19H,5-6H2,1H3,(H2,14,20). The van der Waals surface area contributed by atoms with Crippen molar-refractivity contribution in [3.8, 4) is 5.75 Å². The maximum absolute atomic E-state index is 11.6. The van der Waals surface area contributed by atoms with E-state index in [4.69, 9.17) is 15.6 Å². The van der Waals surface area contributed by atoms with E-state index >= 15 is 0 Å². The minimum Gasteiger partial charge on any atom is -0.497 e. The third-order valence-electron chi connectivity index (χ3n) is 2.85. The van der Waals surface area contributed by atoms with Gasteiger partial charge in [-0.25, -0.2) is 4.68 Å². The molecule has 4 N–H and O–H groups in total. The van der Waals surface area contributed by atoms with Crippen LogP contribution in [0, 0.1) is 0 Å². The van der Waals surface area contributed by atoms with E-state index in [0.717, 1.165) is 0 Å². The zero-order chi connectivity index (χ0) is 15.2. The van der Waals surface area contributed by atoms with Gasteiger partial charge in [0.15, 0.2) is 6.04 Å². The molecule has 0 aliphatic rings. The summed E-state index contributed by atoms with van der Waals surface area (Å²) < 4.78 is 6.57. The normalized spacial score (nSPS) is 11.9. The number of hydrogen-bond acceptors (Lipinski definition) is 6. The lowest BCUT2D eigenvalue weighted by Gasteiger charge is -2.14. The molecule has 1 atom stereocenters. The molecule has 8 nitrogen and oxygen atoms in total. The molecule has 0 saturated carbocycles. The molecule has 8 heteroatoms. The third-order valence-corrected chi connectivity index (χ3v) is 2.85. The van der Waals surface area contributed by atoms with Crippen LogP contribution in [-0.2, 0) is 11.3 Å². The minimum atomic E-state index is -0.815. The van der Waals surface area contributed by atoms with E-state index in [1.807, 2.05) is 0 Å². The Bertz CT molecular complexity index is 613. The van der Waals surface area contributed by atoms with Crippen LogP contribution < -0.4 is 15.8 Å². The van der Waals surface area contributed by atoms with Crippen LogP contribution >= 0.6 is 0 Å². The molecule has 0 spiro atoms. The number of nitrogens with one attached hydrogen (secondary N) is 1. The molecule has 1 heterocycles. The number of nitrogens with zero attached hydrogens (tertiary/aromatic N) is 3. The van der Waals surface area contributed by atoms with Gasteiger partial charge in [-0.15, -0.1) is 5.10 Å². The Morgan fingerprint density at radius 2 is 2.38 bits per heavy atom. The quantitative estimate of drug-likeness (QED) is 0.657. The number of methoxy groups -OCH3 is 1. The van der Waals surface area contributed by atoms with Crippen molar-refractivity contribution in [2.45, 2.75) is 12.6 Å². The summed E-state index contributed by atoms with van der Waals surface area (Å²) in [7, 11) is 1.56. The van der Waals surface area contributed by atoms with Gasteiger partial charge in [-0.3, -0.25) is 4.79 Å². The lowest BCUT2D eigenvalue weighted by Crippen LogP contribution is -2.28. The van der Waals surface area contributed by atoms with E-state index < -0.39 is 11.9 Å². The van der Waals surface area contributed by atoms with Crippen molar-refractivity contribution in [2.75, 3.05) is 19.0 Å². The minimum absolute atomic E-state index is 0.0622. The topological polar surface area (TPSA) is 115 Å². The van der Waals surface area contributed by atoms with Crippen LogP contribution in [0.5, 0.6) is 5.75 Å². The number of hydrogen-bond donors (Lipinski definition) is 3. The number of nitrogens with two attached hydrogens (primary N) is 1. The first-order valence-electron chi connectivity index (χ1n) is 6.35. The van der Waals surface area contributed by atoms with Crippen LogP contribution in [0.2, 0.25) is 0 Å². The number of aliphatic hydroxyl groups excluding tert-OH is 1. The fourth-order valence-electron chi connectivity index (χ4n) is 1.83. The number of benzene rings is 1. The Morgan fingerprint density at radius 1 is 1.57 bits per heavy atom. The van der Waals surface area contributed by atoms with Gasteiger partial charge in [-0.2, -0.15) is 0 Å². The zero-order valence-corrected chi connectivity index (χ0v) is 11.6. The second-order valence-electron chi connectivity index (χ2n) is 4.34. The molecule has 0 fully saturated rings. The van der Waals surface area contributed by atoms with Crippen LogP contribution in [0.1, 0.15) is 11.7 Å². The summed E-state index contributed by atoms with van der Waals surface area (Å²) in [5.74, 6) is 0.0843. The highest BCUT2D eigenvalue weighted by Crippen LogP contribution is 2.21. The number of aromatic nitrogens is 3. The van der Waals surface area contributed by atoms with Crippen molar-refractivity contribution >= 4 is 11.6 Å². The van der Waals surface area contributed by atoms with E-state index in [9.17, 15) is 4.79 Å². The molecule has 0 aliphatic carbocycles. The van der Waals surface area contributed by atoms with Crippen LogP contribution in [0.15, 0.2) is 30.5 Å². The number of carbonyl (C=O) groups is 1. The molecule has 1 aromatic heterocycles. The lowest BCUT2D eigenvalue weighted by molar-refractivity contribution is -0.118. The molecule has 2 rings (SSSR count). The van der Waals surface area contributed by atoms with Gasteiger partial charge in [0.05, 0.1) is 26.5 Å². The second kappa shape index (κ2) is 6.71. The number of anilines is 1. The summed E-state index contributed by atoms with van der Waals surface area (Å²) >= 11 is 0. The maximum atomic E-state index is 11.6. The Balaban J connectivity index is 2.20. The van der Waals surface area contributed by atoms with Crippen molar-refractivity contribution in [3.63, 3.8) is 0 Å². The van der Waals surface area contributed by atoms with Crippen molar-refractivity contribution < 1.29 is 14.6 Å². The van der Waals surface area contributed by atoms with Crippen molar-refractivity contribution in [1.29, 1.82) is 0 Å². The molecule has 0 bridgehead atoms. The zero-order valence-electron chi connectivity index (χ0n) is 11.6. The average Bonchev–Trinajstić information content (AvgIpc) is 2.93. The van der Waals surface area contributed by atoms with Gasteiger partial charge in [-0.1, -0.05) is 11.3 Å². The Morgan fingerprint density at radius 3 is 3.05 bits per heavy atom. The van der Waals surface area contributed by atoms with Crippen molar-refractivity contribution in [2.24, 2.45) is 5.73 Å². The summed E-state index contributed by atoms with van der Waals surface area (Å²) in [6.07, 6.45) is 1.57. The van der Waals surface area contributed by atoms with Crippen LogP contribution in [0.4, 0.5) is 5.69 Å². The van der Waals surface area contributed by atoms with Crippen LogP contribution in [0.25, 0.3) is 0 Å². The largest absolute Gasteiger partial charge is 0.497 e. The van der Waals surface area contributed by atoms with Gasteiger partial charge < -0.3 is 20.9 Å². The van der Waals surface area contributed by atoms with E-state index in [-0.39, 0.29) is 6.61 Å². The molecule has 1 unspecified atom stereocenters. The monoisotopic (exact) mass is 291 g/mol. The third kappa shape index (κ3) is 3.69. The molecule has 1 aromatic carbocycles. The highest BCUT2D eigenvalue weighted by molar-refractivity contribution is 5.83. The van der Waals surface area contributed by atoms with Crippen molar-refractivity contribution in [1.82, 2.24) is 15.0 Å². The van der Waals surface area contributed by atoms with E-state index in [1.54, 1.807) is 37.6 Å². The molecule has 21 heavy (non-hydrogen) atoms. The fourth-order valence-corrected chi connectivity index (χ4v) is 1.83. The predicted molar refractivity (Wildman–Crippen MR) is 75.7 cm³/mol. The summed E-state index contributed by atoms with van der Waals surface area (Å²) in [4.78, 5) is 11.6. The van der Waals surface area contributed by atoms with E-state index in [0.29, 0.717) is 23.7 Å². The van der Waals surface area contributed by atoms with E-state index in [1.165, 1.54) is 4.68 Å². The fraction of sp³-hybridized carbons (Fsp3) is 0.308. The molecular weight excluding hydrogens is 274 g/mol. The Kier molecular flexibility index (Phi) is 4.72. The van der Waals surface area contributed by atoms with Gasteiger partial charge in [-0.05, 0) is 12.1 Å². The van der Waals surface area contributed by atoms with Gasteiger partial charge in [0.2, 0.25) is 5.91 Å². The first-order valence-corrected chi connectivity index (χ1v) is 6.35. The molecular formula is C13H17N5O3. The summed E-state index contributed by atoms with van der Waals surface area (Å²) in [6.45, 7) is 0.241. The second-order valence-corrected chi connectivity index (χ2v) is 4.34. The van der Waals surface area contributed by atoms with Gasteiger partial charge >= 0.3 is 0 Å². The first-order chi connectivity index (χ1) is 10.1. The Labute approximate surface area is 121 Å². The molecule has 0 aliphatic heterocycles. The number of carbonyl (C=O) groups excluding carboxylic acids is 1. The molecule has 0 radical (unpaired) electrons. The van der Waals surface area contributed by atoms with Crippen LogP contribution in [0.3, 0.4) is 0 Å². The smallest absolute Gasteiger partial charge is 0.246 e. The van der Waals surface area contributed by atoms with Crippen LogP contribution in [-0.4, -0.2) is 39.7 Å². The molecule has 112 valence electrons. The van der Waals surface area contributed by atoms with Gasteiger partial charge in [0, 0.05) is 11.8 Å². The summed E-state index contributed by atoms with van der Waals surface area (Å²) in [5, 5.41) is 19.6. The highest BCUT2D eigenvalue weighted by Gasteiger charge is 2.21. The number of aliphatic hydroxyl groups is 1. The Hall–Kier alpha value is -2.61. The predicted octanol–water partition coefficient (Wildman–Crippen LogP) is -0.0825. The number of primary amides is 1. The first kappa shape index (κ1) is 14.8. The molecule has 1 amide bonds. The molecule has 0 saturated heterocycles. The average molecular weight is 291 g/mol. The van der Waals surface area contributed by atoms with Gasteiger partial charge in [0.25, 0.3) is 0 Å². The van der Waals surface area contributed by atoms with E-state index in [2.05, 4.69) is 15.6 Å². The summed E-state index contributed by atoms with van der Waals surface area (Å²) in [5.41, 5.74) is 6.47. The lowest BCUT2D eigenvalue weighted by atomic mass is 10.2.